The summed E-state index contributed by atoms with van der Waals surface area (Å²) < 4.78 is 0. The second kappa shape index (κ2) is 2.79. The molecule has 0 fully saturated rings. The Morgan fingerprint density at radius 1 is 1.25 bits per heavy atom. The van der Waals surface area contributed by atoms with Crippen LogP contribution in [0.5, 0.6) is 0 Å². The molecule has 2 aromatic rings. The van der Waals surface area contributed by atoms with E-state index in [4.69, 9.17) is 19.4 Å². The Labute approximate surface area is 76.8 Å². The second-order valence-corrected chi connectivity index (χ2v) is 2.94. The minimum absolute atomic E-state index is 0.521. The normalized spacial score (nSPS) is 10.4. The van der Waals surface area contributed by atoms with E-state index >= 15 is 0 Å². The van der Waals surface area contributed by atoms with E-state index in [1.54, 1.807) is 6.20 Å². The molecule has 0 amide bonds. The van der Waals surface area contributed by atoms with Gasteiger partial charge in [-0.3, -0.25) is 0 Å². The molecule has 0 aliphatic carbocycles. The highest BCUT2D eigenvalue weighted by molar-refractivity contribution is 6.36. The number of pyridine rings is 1. The molecule has 2 rings (SSSR count). The smallest absolute Gasteiger partial charge is 0.136 e. The molecule has 1 heterocycles. The summed E-state index contributed by atoms with van der Waals surface area (Å²) in [4.78, 5) is 3.96. The van der Waals surface area contributed by atoms with Crippen LogP contribution in [0, 0.1) is 0 Å². The van der Waals surface area contributed by atoms with Crippen molar-refractivity contribution in [3.05, 3.63) is 35.6 Å². The van der Waals surface area contributed by atoms with Gasteiger partial charge in [0.25, 0.3) is 0 Å². The lowest BCUT2D eigenvalue weighted by molar-refractivity contribution is 1.36. The lowest BCUT2D eigenvalue weighted by atomic mass is 9.94. The van der Waals surface area contributed by atoms with Crippen LogP contribution in [-0.4, -0.2) is 12.8 Å². The third-order valence-electron chi connectivity index (χ3n) is 1.74. The summed E-state index contributed by atoms with van der Waals surface area (Å²) in [6, 6.07) is 7.45. The van der Waals surface area contributed by atoms with E-state index in [9.17, 15) is 0 Å². The van der Waals surface area contributed by atoms with Gasteiger partial charge in [-0.25, -0.2) is 4.98 Å². The molecule has 1 nitrogen and oxygen atoms in total. The van der Waals surface area contributed by atoms with Gasteiger partial charge in [0.15, 0.2) is 0 Å². The van der Waals surface area contributed by atoms with E-state index < -0.39 is 0 Å². The van der Waals surface area contributed by atoms with E-state index in [1.165, 1.54) is 0 Å². The molecule has 0 atom stereocenters. The Bertz CT molecular complexity index is 428. The van der Waals surface area contributed by atoms with E-state index in [-0.39, 0.29) is 0 Å². The molecule has 1 aromatic heterocycles. The Hall–Kier alpha value is -1.02. The molecular weight excluding hydrogens is 168 g/mol. The van der Waals surface area contributed by atoms with Crippen LogP contribution in [0.15, 0.2) is 30.5 Å². The molecule has 0 aliphatic rings. The van der Waals surface area contributed by atoms with Crippen molar-refractivity contribution < 1.29 is 0 Å². The lowest BCUT2D eigenvalue weighted by Gasteiger charge is -1.99. The summed E-state index contributed by atoms with van der Waals surface area (Å²) in [5, 5.41) is 2.48. The standard InChI is InChI=1S/C9H5BClN/c10-7-1-2-8-6(5-7)3-4-12-9(8)11/h1-5H. The number of fused-ring (bicyclic) bond motifs is 1. The Morgan fingerprint density at radius 2 is 2.08 bits per heavy atom. The van der Waals surface area contributed by atoms with Gasteiger partial charge in [-0.15, -0.1) is 0 Å². The van der Waals surface area contributed by atoms with Crippen LogP contribution in [0.3, 0.4) is 0 Å². The fourth-order valence-corrected chi connectivity index (χ4v) is 1.39. The van der Waals surface area contributed by atoms with Crippen molar-refractivity contribution >= 4 is 35.7 Å². The first kappa shape index (κ1) is 7.62. The van der Waals surface area contributed by atoms with Gasteiger partial charge in [-0.1, -0.05) is 35.3 Å². The fraction of sp³-hybridized carbons (Fsp3) is 0. The lowest BCUT2D eigenvalue weighted by Crippen LogP contribution is -1.99. The van der Waals surface area contributed by atoms with E-state index in [0.717, 1.165) is 16.2 Å². The molecule has 0 saturated carbocycles. The number of aromatic nitrogens is 1. The molecule has 56 valence electrons. The van der Waals surface area contributed by atoms with Crippen molar-refractivity contribution in [3.8, 4) is 0 Å². The molecule has 0 aliphatic heterocycles. The molecule has 0 unspecified atom stereocenters. The highest BCUT2D eigenvalue weighted by Crippen LogP contribution is 2.18. The molecule has 0 spiro atoms. The maximum atomic E-state index is 5.86. The Balaban J connectivity index is 2.86. The zero-order valence-electron chi connectivity index (χ0n) is 6.29. The molecule has 0 N–H and O–H groups in total. The summed E-state index contributed by atoms with van der Waals surface area (Å²) >= 11 is 5.86. The summed E-state index contributed by atoms with van der Waals surface area (Å²) in [6.07, 6.45) is 1.67. The molecule has 12 heavy (non-hydrogen) atoms. The number of halogens is 1. The highest BCUT2D eigenvalue weighted by Gasteiger charge is 1.97. The van der Waals surface area contributed by atoms with Crippen LogP contribution in [0.2, 0.25) is 5.15 Å². The predicted molar refractivity (Wildman–Crippen MR) is 52.1 cm³/mol. The topological polar surface area (TPSA) is 12.9 Å². The zero-order valence-corrected chi connectivity index (χ0v) is 7.05. The first-order chi connectivity index (χ1) is 5.77. The van der Waals surface area contributed by atoms with Gasteiger partial charge in [0, 0.05) is 11.6 Å². The minimum atomic E-state index is 0.521. The molecule has 0 bridgehead atoms. The van der Waals surface area contributed by atoms with Gasteiger partial charge < -0.3 is 0 Å². The SMILES string of the molecule is [B]c1ccc2c(Cl)nccc2c1. The average Bonchev–Trinajstić information content (AvgIpc) is 2.04. The van der Waals surface area contributed by atoms with Gasteiger partial charge in [0.05, 0.1) is 0 Å². The number of hydrogen-bond donors (Lipinski definition) is 0. The van der Waals surface area contributed by atoms with Crippen molar-refractivity contribution in [2.45, 2.75) is 0 Å². The summed E-state index contributed by atoms with van der Waals surface area (Å²) in [5.41, 5.74) is 0.741. The summed E-state index contributed by atoms with van der Waals surface area (Å²) in [7, 11) is 5.61. The summed E-state index contributed by atoms with van der Waals surface area (Å²) in [6.45, 7) is 0. The van der Waals surface area contributed by atoms with Crippen LogP contribution in [0.1, 0.15) is 0 Å². The second-order valence-electron chi connectivity index (χ2n) is 2.58. The zero-order chi connectivity index (χ0) is 8.55. The first-order valence-electron chi connectivity index (χ1n) is 3.57. The van der Waals surface area contributed by atoms with Crippen LogP contribution < -0.4 is 5.46 Å². The molecular formula is C9H5BClN. The number of nitrogens with zero attached hydrogens (tertiary/aromatic N) is 1. The van der Waals surface area contributed by atoms with Crippen molar-refractivity contribution in [3.63, 3.8) is 0 Å². The fourth-order valence-electron chi connectivity index (χ4n) is 1.16. The third kappa shape index (κ3) is 1.19. The average molecular weight is 173 g/mol. The Morgan fingerprint density at radius 3 is 2.92 bits per heavy atom. The van der Waals surface area contributed by atoms with E-state index in [1.807, 2.05) is 24.3 Å². The molecule has 2 radical (unpaired) electrons. The largest absolute Gasteiger partial charge is 0.244 e. The van der Waals surface area contributed by atoms with Gasteiger partial charge in [-0.2, -0.15) is 0 Å². The van der Waals surface area contributed by atoms with Crippen LogP contribution in [0.4, 0.5) is 0 Å². The van der Waals surface area contributed by atoms with Gasteiger partial charge in [0.2, 0.25) is 0 Å². The van der Waals surface area contributed by atoms with Crippen molar-refractivity contribution in [2.75, 3.05) is 0 Å². The van der Waals surface area contributed by atoms with Crippen LogP contribution >= 0.6 is 11.6 Å². The van der Waals surface area contributed by atoms with Crippen LogP contribution in [0.25, 0.3) is 10.8 Å². The maximum Gasteiger partial charge on any atom is 0.136 e. The van der Waals surface area contributed by atoms with E-state index in [0.29, 0.717) is 5.15 Å². The third-order valence-corrected chi connectivity index (χ3v) is 2.04. The minimum Gasteiger partial charge on any atom is -0.244 e. The number of benzene rings is 1. The quantitative estimate of drug-likeness (QED) is 0.436. The monoisotopic (exact) mass is 173 g/mol. The number of hydrogen-bond acceptors (Lipinski definition) is 1. The molecule has 3 heteroatoms. The first-order valence-corrected chi connectivity index (χ1v) is 3.95. The van der Waals surface area contributed by atoms with Crippen molar-refractivity contribution in [1.29, 1.82) is 0 Å². The summed E-state index contributed by atoms with van der Waals surface area (Å²) in [5.74, 6) is 0. The predicted octanol–water partition coefficient (Wildman–Crippen LogP) is 1.68. The van der Waals surface area contributed by atoms with Crippen molar-refractivity contribution in [2.24, 2.45) is 0 Å². The van der Waals surface area contributed by atoms with Gasteiger partial charge in [-0.05, 0) is 11.5 Å². The van der Waals surface area contributed by atoms with Gasteiger partial charge in [0.1, 0.15) is 13.0 Å². The highest BCUT2D eigenvalue weighted by atomic mass is 35.5. The molecule has 0 saturated heterocycles. The maximum absolute atomic E-state index is 5.86. The van der Waals surface area contributed by atoms with Crippen molar-refractivity contribution in [1.82, 2.24) is 4.98 Å². The van der Waals surface area contributed by atoms with E-state index in [2.05, 4.69) is 4.98 Å². The number of rotatable bonds is 0. The Kier molecular flexibility index (Phi) is 1.78. The molecule has 1 aromatic carbocycles. The van der Waals surface area contributed by atoms with Gasteiger partial charge >= 0.3 is 0 Å². The van der Waals surface area contributed by atoms with Crippen LogP contribution in [-0.2, 0) is 0 Å².